The third-order valence-electron chi connectivity index (χ3n) is 3.57. The molecule has 0 bridgehead atoms. The third kappa shape index (κ3) is 4.29. The van der Waals surface area contributed by atoms with Crippen molar-refractivity contribution in [3.63, 3.8) is 0 Å². The van der Waals surface area contributed by atoms with E-state index >= 15 is 0 Å². The number of rotatable bonds is 4. The monoisotopic (exact) mass is 290 g/mol. The van der Waals surface area contributed by atoms with Crippen molar-refractivity contribution in [3.05, 3.63) is 34.4 Å². The molecule has 0 saturated carbocycles. The summed E-state index contributed by atoms with van der Waals surface area (Å²) >= 11 is 5.74. The van der Waals surface area contributed by atoms with Crippen LogP contribution in [0.2, 0.25) is 0 Å². The lowest BCUT2D eigenvalue weighted by Crippen LogP contribution is -2.04. The topological polar surface area (TPSA) is 0 Å². The predicted molar refractivity (Wildman–Crippen MR) is 90.9 cm³/mol. The Bertz CT molecular complexity index is 469. The molecule has 0 aliphatic heterocycles. The van der Waals surface area contributed by atoms with Gasteiger partial charge >= 0.3 is 0 Å². The highest BCUT2D eigenvalue weighted by molar-refractivity contribution is 6.18. The zero-order valence-corrected chi connectivity index (χ0v) is 14.4. The summed E-state index contributed by atoms with van der Waals surface area (Å²) in [5.74, 6) is 8.72. The highest BCUT2D eigenvalue weighted by Gasteiger charge is 2.15. The normalized spacial score (nSPS) is 11.1. The lowest BCUT2D eigenvalue weighted by Gasteiger charge is -2.20. The third-order valence-corrected chi connectivity index (χ3v) is 3.75. The largest absolute Gasteiger partial charge is 0.126 e. The summed E-state index contributed by atoms with van der Waals surface area (Å²) < 4.78 is 0. The standard InChI is InChI=1S/C19H27Cl/c1-13(2)16-11-18(14(3)4)17(9-7-8-10-20)19(12-16)15(5)6/h11-15H,8,10H2,1-6H3. The molecule has 1 heteroatoms. The second-order valence-corrected chi connectivity index (χ2v) is 6.66. The van der Waals surface area contributed by atoms with Gasteiger partial charge in [-0.3, -0.25) is 0 Å². The van der Waals surface area contributed by atoms with Crippen LogP contribution in [-0.4, -0.2) is 5.88 Å². The minimum Gasteiger partial charge on any atom is -0.126 e. The summed E-state index contributed by atoms with van der Waals surface area (Å²) in [5, 5.41) is 0. The van der Waals surface area contributed by atoms with Gasteiger partial charge in [0.1, 0.15) is 0 Å². The van der Waals surface area contributed by atoms with Crippen molar-refractivity contribution in [2.75, 3.05) is 5.88 Å². The number of alkyl halides is 1. The molecule has 0 amide bonds. The van der Waals surface area contributed by atoms with Crippen LogP contribution in [0.1, 0.15) is 88.0 Å². The SMILES string of the molecule is CC(C)c1cc(C(C)C)c(C#CCCCl)c(C(C)C)c1. The van der Waals surface area contributed by atoms with Gasteiger partial charge in [0, 0.05) is 17.9 Å². The average Bonchev–Trinajstić information content (AvgIpc) is 2.37. The molecular weight excluding hydrogens is 264 g/mol. The summed E-state index contributed by atoms with van der Waals surface area (Å²) in [6.45, 7) is 13.5. The molecule has 0 heterocycles. The van der Waals surface area contributed by atoms with Crippen LogP contribution >= 0.6 is 11.6 Å². The van der Waals surface area contributed by atoms with Gasteiger partial charge in [0.2, 0.25) is 0 Å². The van der Waals surface area contributed by atoms with Gasteiger partial charge in [-0.25, -0.2) is 0 Å². The van der Waals surface area contributed by atoms with Crippen molar-refractivity contribution >= 4 is 11.6 Å². The minimum absolute atomic E-state index is 0.492. The molecule has 0 aliphatic carbocycles. The molecule has 0 nitrogen and oxygen atoms in total. The average molecular weight is 291 g/mol. The van der Waals surface area contributed by atoms with Crippen molar-refractivity contribution in [1.82, 2.24) is 0 Å². The Morgan fingerprint density at radius 1 is 0.900 bits per heavy atom. The van der Waals surface area contributed by atoms with Gasteiger partial charge in [0.15, 0.2) is 0 Å². The van der Waals surface area contributed by atoms with Crippen molar-refractivity contribution < 1.29 is 0 Å². The molecular formula is C19H27Cl. The fourth-order valence-corrected chi connectivity index (χ4v) is 2.39. The highest BCUT2D eigenvalue weighted by Crippen LogP contribution is 2.31. The summed E-state index contributed by atoms with van der Waals surface area (Å²) in [7, 11) is 0. The molecule has 0 aromatic heterocycles. The molecule has 0 unspecified atom stereocenters. The molecule has 110 valence electrons. The van der Waals surface area contributed by atoms with Crippen LogP contribution in [0, 0.1) is 11.8 Å². The molecule has 0 aliphatic rings. The molecule has 1 aromatic carbocycles. The Kier molecular flexibility index (Phi) is 6.63. The van der Waals surface area contributed by atoms with E-state index < -0.39 is 0 Å². The summed E-state index contributed by atoms with van der Waals surface area (Å²) in [6, 6.07) is 4.68. The van der Waals surface area contributed by atoms with E-state index in [4.69, 9.17) is 11.6 Å². The summed E-state index contributed by atoms with van der Waals surface area (Å²) in [4.78, 5) is 0. The van der Waals surface area contributed by atoms with Crippen molar-refractivity contribution in [2.24, 2.45) is 0 Å². The molecule has 0 fully saturated rings. The van der Waals surface area contributed by atoms with E-state index in [0.717, 1.165) is 6.42 Å². The molecule has 0 atom stereocenters. The number of hydrogen-bond donors (Lipinski definition) is 0. The van der Waals surface area contributed by atoms with Gasteiger partial charge in [-0.2, -0.15) is 0 Å². The Labute approximate surface area is 129 Å². The van der Waals surface area contributed by atoms with E-state index in [9.17, 15) is 0 Å². The first kappa shape index (κ1) is 17.1. The fraction of sp³-hybridized carbons (Fsp3) is 0.579. The smallest absolute Gasteiger partial charge is 0.0333 e. The van der Waals surface area contributed by atoms with Gasteiger partial charge in [-0.15, -0.1) is 11.6 Å². The maximum absolute atomic E-state index is 5.74. The van der Waals surface area contributed by atoms with Crippen molar-refractivity contribution in [3.8, 4) is 11.8 Å². The minimum atomic E-state index is 0.492. The van der Waals surface area contributed by atoms with Gasteiger partial charge in [-0.05, 0) is 34.4 Å². The number of hydrogen-bond acceptors (Lipinski definition) is 0. The molecule has 1 aromatic rings. The fourth-order valence-electron chi connectivity index (χ4n) is 2.30. The zero-order valence-electron chi connectivity index (χ0n) is 13.7. The molecule has 0 spiro atoms. The molecule has 1 rings (SSSR count). The van der Waals surface area contributed by atoms with Crippen LogP contribution in [0.3, 0.4) is 0 Å². The summed E-state index contributed by atoms with van der Waals surface area (Å²) in [5.41, 5.74) is 5.40. The second-order valence-electron chi connectivity index (χ2n) is 6.28. The van der Waals surface area contributed by atoms with Crippen LogP contribution in [0.25, 0.3) is 0 Å². The molecule has 0 saturated heterocycles. The summed E-state index contributed by atoms with van der Waals surface area (Å²) in [6.07, 6.45) is 0.753. The van der Waals surface area contributed by atoms with E-state index in [1.807, 2.05) is 0 Å². The van der Waals surface area contributed by atoms with Gasteiger partial charge in [0.05, 0.1) is 0 Å². The lowest BCUT2D eigenvalue weighted by molar-refractivity contribution is 0.800. The first-order valence-corrected chi connectivity index (χ1v) is 8.14. The Hall–Kier alpha value is -0.930. The Morgan fingerprint density at radius 2 is 1.40 bits per heavy atom. The van der Waals surface area contributed by atoms with Gasteiger partial charge in [-0.1, -0.05) is 65.5 Å². The van der Waals surface area contributed by atoms with Crippen molar-refractivity contribution in [2.45, 2.75) is 65.7 Å². The van der Waals surface area contributed by atoms with Crippen LogP contribution in [0.15, 0.2) is 12.1 Å². The number of halogens is 1. The van der Waals surface area contributed by atoms with E-state index in [1.165, 1.54) is 22.3 Å². The maximum Gasteiger partial charge on any atom is 0.0333 e. The highest BCUT2D eigenvalue weighted by atomic mass is 35.5. The van der Waals surface area contributed by atoms with Crippen LogP contribution in [-0.2, 0) is 0 Å². The van der Waals surface area contributed by atoms with E-state index in [-0.39, 0.29) is 0 Å². The van der Waals surface area contributed by atoms with Crippen LogP contribution in [0.4, 0.5) is 0 Å². The van der Waals surface area contributed by atoms with Crippen molar-refractivity contribution in [1.29, 1.82) is 0 Å². The second kappa shape index (κ2) is 7.75. The quantitative estimate of drug-likeness (QED) is 0.468. The number of benzene rings is 1. The maximum atomic E-state index is 5.74. The van der Waals surface area contributed by atoms with E-state index in [0.29, 0.717) is 23.6 Å². The predicted octanol–water partition coefficient (Wildman–Crippen LogP) is 6.04. The molecule has 0 N–H and O–H groups in total. The first-order chi connectivity index (χ1) is 9.38. The van der Waals surface area contributed by atoms with Gasteiger partial charge < -0.3 is 0 Å². The first-order valence-electron chi connectivity index (χ1n) is 7.61. The molecule has 0 radical (unpaired) electrons. The zero-order chi connectivity index (χ0) is 15.3. The Morgan fingerprint density at radius 3 is 1.75 bits per heavy atom. The lowest BCUT2D eigenvalue weighted by atomic mass is 9.84. The van der Waals surface area contributed by atoms with E-state index in [2.05, 4.69) is 65.5 Å². The van der Waals surface area contributed by atoms with Crippen LogP contribution < -0.4 is 0 Å². The Balaban J connectivity index is 3.48. The molecule has 20 heavy (non-hydrogen) atoms. The van der Waals surface area contributed by atoms with Gasteiger partial charge in [0.25, 0.3) is 0 Å². The van der Waals surface area contributed by atoms with E-state index in [1.54, 1.807) is 0 Å². The van der Waals surface area contributed by atoms with Crippen LogP contribution in [0.5, 0.6) is 0 Å².